The summed E-state index contributed by atoms with van der Waals surface area (Å²) in [7, 11) is 1.37. The first-order chi connectivity index (χ1) is 7.70. The smallest absolute Gasteiger partial charge is 0.366 e. The van der Waals surface area contributed by atoms with E-state index in [0.717, 1.165) is 10.5 Å². The second-order valence-electron chi connectivity index (χ2n) is 3.97. The van der Waals surface area contributed by atoms with E-state index in [0.29, 0.717) is 10.7 Å². The highest BCUT2D eigenvalue weighted by Crippen LogP contribution is 2.28. The predicted octanol–water partition coefficient (Wildman–Crippen LogP) is 3.36. The van der Waals surface area contributed by atoms with Gasteiger partial charge in [0.05, 0.1) is 0 Å². The topological polar surface area (TPSA) is 29.3 Å². The van der Waals surface area contributed by atoms with E-state index in [1.54, 1.807) is 19.1 Å². The van der Waals surface area contributed by atoms with Crippen molar-refractivity contribution in [3.05, 3.63) is 28.8 Å². The molecule has 0 aliphatic heterocycles. The van der Waals surface area contributed by atoms with Crippen molar-refractivity contribution in [2.24, 2.45) is 5.73 Å². The highest BCUT2D eigenvalue weighted by molar-refractivity contribution is 6.31. The summed E-state index contributed by atoms with van der Waals surface area (Å²) in [5.74, 6) is 0. The predicted molar refractivity (Wildman–Crippen MR) is 63.4 cm³/mol. The maximum absolute atomic E-state index is 12.2. The molecule has 0 heterocycles. The Morgan fingerprint density at radius 2 is 2.00 bits per heavy atom. The Labute approximate surface area is 103 Å². The molecule has 1 rings (SSSR count). The van der Waals surface area contributed by atoms with Crippen LogP contribution in [0.15, 0.2) is 18.2 Å². The molecule has 1 atom stereocenters. The van der Waals surface area contributed by atoms with Crippen molar-refractivity contribution < 1.29 is 13.2 Å². The molecule has 2 N–H and O–H groups in total. The number of alkyl halides is 3. The van der Waals surface area contributed by atoms with E-state index >= 15 is 0 Å². The number of halogens is 4. The fraction of sp³-hybridized carbons (Fsp3) is 0.455. The van der Waals surface area contributed by atoms with Crippen LogP contribution in [0.25, 0.3) is 0 Å². The number of rotatable bonds is 3. The summed E-state index contributed by atoms with van der Waals surface area (Å²) < 4.78 is 36.6. The molecule has 0 amide bonds. The van der Waals surface area contributed by atoms with Gasteiger partial charge in [-0.05, 0) is 24.6 Å². The molecular formula is C11H14ClF3N2. The van der Waals surface area contributed by atoms with Gasteiger partial charge in [0, 0.05) is 23.8 Å². The van der Waals surface area contributed by atoms with E-state index in [4.69, 9.17) is 17.3 Å². The molecule has 0 saturated heterocycles. The van der Waals surface area contributed by atoms with Gasteiger partial charge in [0.2, 0.25) is 0 Å². The molecule has 0 fully saturated rings. The van der Waals surface area contributed by atoms with Gasteiger partial charge in [-0.15, -0.1) is 0 Å². The Kier molecular flexibility index (Phi) is 4.27. The molecule has 0 aliphatic carbocycles. The number of nitrogens with zero attached hydrogens (tertiary/aromatic N) is 1. The van der Waals surface area contributed by atoms with Gasteiger partial charge in [0.25, 0.3) is 0 Å². The molecule has 6 heteroatoms. The molecule has 1 aromatic rings. The standard InChI is InChI=1S/C11H14ClF3N2/c1-7(16)9-4-3-8(5-10(9)12)17(2)6-11(13,14)15/h3-5,7H,6,16H2,1-2H3. The van der Waals surface area contributed by atoms with Crippen LogP contribution in [0.3, 0.4) is 0 Å². The highest BCUT2D eigenvalue weighted by atomic mass is 35.5. The first kappa shape index (κ1) is 14.1. The van der Waals surface area contributed by atoms with Crippen LogP contribution >= 0.6 is 11.6 Å². The lowest BCUT2D eigenvalue weighted by Gasteiger charge is -2.22. The van der Waals surface area contributed by atoms with Gasteiger partial charge in [0.1, 0.15) is 6.54 Å². The van der Waals surface area contributed by atoms with E-state index in [9.17, 15) is 13.2 Å². The van der Waals surface area contributed by atoms with Crippen LogP contribution in [0, 0.1) is 0 Å². The second-order valence-corrected chi connectivity index (χ2v) is 4.37. The molecule has 0 bridgehead atoms. The number of benzene rings is 1. The summed E-state index contributed by atoms with van der Waals surface area (Å²) >= 11 is 5.95. The van der Waals surface area contributed by atoms with Crippen molar-refractivity contribution in [1.82, 2.24) is 0 Å². The van der Waals surface area contributed by atoms with Crippen molar-refractivity contribution in [2.45, 2.75) is 19.1 Å². The van der Waals surface area contributed by atoms with Crippen LogP contribution in [-0.2, 0) is 0 Å². The van der Waals surface area contributed by atoms with Crippen molar-refractivity contribution in [1.29, 1.82) is 0 Å². The molecule has 0 spiro atoms. The van der Waals surface area contributed by atoms with E-state index in [2.05, 4.69) is 0 Å². The van der Waals surface area contributed by atoms with Gasteiger partial charge >= 0.3 is 6.18 Å². The lowest BCUT2D eigenvalue weighted by molar-refractivity contribution is -0.119. The maximum Gasteiger partial charge on any atom is 0.405 e. The highest BCUT2D eigenvalue weighted by Gasteiger charge is 2.29. The maximum atomic E-state index is 12.2. The molecule has 17 heavy (non-hydrogen) atoms. The van der Waals surface area contributed by atoms with Crippen molar-refractivity contribution in [2.75, 3.05) is 18.5 Å². The van der Waals surface area contributed by atoms with E-state index in [1.165, 1.54) is 13.1 Å². The van der Waals surface area contributed by atoms with Gasteiger partial charge < -0.3 is 10.6 Å². The minimum atomic E-state index is -4.24. The molecule has 0 saturated carbocycles. The monoisotopic (exact) mass is 266 g/mol. The zero-order chi connectivity index (χ0) is 13.2. The lowest BCUT2D eigenvalue weighted by Crippen LogP contribution is -2.30. The number of anilines is 1. The Bertz CT molecular complexity index is 391. The second kappa shape index (κ2) is 5.14. The average molecular weight is 267 g/mol. The summed E-state index contributed by atoms with van der Waals surface area (Å²) in [6.07, 6.45) is -4.24. The third kappa shape index (κ3) is 4.09. The zero-order valence-corrected chi connectivity index (χ0v) is 10.3. The number of nitrogens with two attached hydrogens (primary N) is 1. The Hall–Kier alpha value is -0.940. The molecule has 0 aliphatic rings. The Balaban J connectivity index is 2.90. The molecule has 2 nitrogen and oxygen atoms in total. The van der Waals surface area contributed by atoms with Gasteiger partial charge in [-0.3, -0.25) is 0 Å². The third-order valence-electron chi connectivity index (χ3n) is 2.33. The largest absolute Gasteiger partial charge is 0.405 e. The van der Waals surface area contributed by atoms with Gasteiger partial charge in [-0.25, -0.2) is 0 Å². The van der Waals surface area contributed by atoms with E-state index in [-0.39, 0.29) is 6.04 Å². The SMILES string of the molecule is CC(N)c1ccc(N(C)CC(F)(F)F)cc1Cl. The van der Waals surface area contributed by atoms with Crippen LogP contribution in [0.2, 0.25) is 5.02 Å². The van der Waals surface area contributed by atoms with Crippen LogP contribution < -0.4 is 10.6 Å². The van der Waals surface area contributed by atoms with Crippen LogP contribution in [0.5, 0.6) is 0 Å². The van der Waals surface area contributed by atoms with Gasteiger partial charge in [-0.2, -0.15) is 13.2 Å². The third-order valence-corrected chi connectivity index (χ3v) is 2.66. The molecule has 0 aromatic heterocycles. The molecule has 1 unspecified atom stereocenters. The summed E-state index contributed by atoms with van der Waals surface area (Å²) in [5.41, 5.74) is 6.80. The minimum absolute atomic E-state index is 0.246. The Morgan fingerprint density at radius 1 is 1.41 bits per heavy atom. The quantitative estimate of drug-likeness (QED) is 0.909. The first-order valence-corrected chi connectivity index (χ1v) is 5.41. The van der Waals surface area contributed by atoms with Crippen molar-refractivity contribution >= 4 is 17.3 Å². The minimum Gasteiger partial charge on any atom is -0.366 e. The van der Waals surface area contributed by atoms with Crippen LogP contribution in [0.4, 0.5) is 18.9 Å². The molecular weight excluding hydrogens is 253 g/mol. The summed E-state index contributed by atoms with van der Waals surface area (Å²) in [4.78, 5) is 1.09. The molecule has 1 aromatic carbocycles. The summed E-state index contributed by atoms with van der Waals surface area (Å²) in [6.45, 7) is 0.751. The number of hydrogen-bond donors (Lipinski definition) is 1. The van der Waals surface area contributed by atoms with Gasteiger partial charge in [0.15, 0.2) is 0 Å². The zero-order valence-electron chi connectivity index (χ0n) is 9.55. The fourth-order valence-electron chi connectivity index (χ4n) is 1.48. The van der Waals surface area contributed by atoms with Gasteiger partial charge in [-0.1, -0.05) is 17.7 Å². The lowest BCUT2D eigenvalue weighted by atomic mass is 10.1. The molecule has 96 valence electrons. The van der Waals surface area contributed by atoms with Crippen molar-refractivity contribution in [3.8, 4) is 0 Å². The summed E-state index contributed by atoms with van der Waals surface area (Å²) in [6, 6.07) is 4.47. The number of hydrogen-bond acceptors (Lipinski definition) is 2. The summed E-state index contributed by atoms with van der Waals surface area (Å²) in [5, 5.41) is 0.381. The molecule has 0 radical (unpaired) electrons. The first-order valence-electron chi connectivity index (χ1n) is 5.03. The van der Waals surface area contributed by atoms with Crippen LogP contribution in [-0.4, -0.2) is 19.8 Å². The average Bonchev–Trinajstić information content (AvgIpc) is 2.14. The Morgan fingerprint density at radius 3 is 2.41 bits per heavy atom. The normalized spacial score (nSPS) is 13.6. The fourth-order valence-corrected chi connectivity index (χ4v) is 1.83. The van der Waals surface area contributed by atoms with E-state index in [1.807, 2.05) is 0 Å². The van der Waals surface area contributed by atoms with Crippen molar-refractivity contribution in [3.63, 3.8) is 0 Å². The van der Waals surface area contributed by atoms with Crippen LogP contribution in [0.1, 0.15) is 18.5 Å². The van der Waals surface area contributed by atoms with E-state index < -0.39 is 12.7 Å².